The lowest BCUT2D eigenvalue weighted by atomic mass is 10.0. The third-order valence-electron chi connectivity index (χ3n) is 3.26. The van der Waals surface area contributed by atoms with Gasteiger partial charge in [0.15, 0.2) is 0 Å². The van der Waals surface area contributed by atoms with E-state index in [0.717, 1.165) is 0 Å². The quantitative estimate of drug-likeness (QED) is 0.706. The summed E-state index contributed by atoms with van der Waals surface area (Å²) in [6.45, 7) is 6.99. The highest BCUT2D eigenvalue weighted by Gasteiger charge is 2.11. The van der Waals surface area contributed by atoms with Crippen LogP contribution in [0.2, 0.25) is 0 Å². The van der Waals surface area contributed by atoms with Crippen LogP contribution >= 0.6 is 0 Å². The second-order valence-electron chi connectivity index (χ2n) is 4.80. The fraction of sp³-hybridized carbons (Fsp3) is 0.571. The summed E-state index contributed by atoms with van der Waals surface area (Å²) in [5, 5.41) is 0. The van der Waals surface area contributed by atoms with Crippen molar-refractivity contribution in [2.75, 3.05) is 18.0 Å². The van der Waals surface area contributed by atoms with Crippen LogP contribution in [-0.4, -0.2) is 13.1 Å². The van der Waals surface area contributed by atoms with Crippen molar-refractivity contribution in [3.05, 3.63) is 29.8 Å². The van der Waals surface area contributed by atoms with E-state index in [1.54, 1.807) is 0 Å². The van der Waals surface area contributed by atoms with E-state index in [-0.39, 0.29) is 0 Å². The van der Waals surface area contributed by atoms with Crippen molar-refractivity contribution in [3.63, 3.8) is 0 Å². The molecule has 2 rings (SSSR count). The average Bonchev–Trinajstić information content (AvgIpc) is 2.30. The standard InChI is InChI=1S/C14H21N/c1-12(2)13-7-6-8-14(11-13)15-9-4-3-5-10-15/h6-8,11-12H,3-5,9-10H2,1-2H3. The van der Waals surface area contributed by atoms with E-state index in [1.165, 1.54) is 43.6 Å². The molecule has 0 unspecified atom stereocenters. The van der Waals surface area contributed by atoms with E-state index in [0.29, 0.717) is 5.92 Å². The number of nitrogens with zero attached hydrogens (tertiary/aromatic N) is 1. The number of piperidine rings is 1. The second-order valence-corrected chi connectivity index (χ2v) is 4.80. The molecule has 0 atom stereocenters. The number of rotatable bonds is 2. The molecule has 0 aromatic heterocycles. The molecule has 0 radical (unpaired) electrons. The Morgan fingerprint density at radius 3 is 2.47 bits per heavy atom. The molecule has 1 aliphatic heterocycles. The lowest BCUT2D eigenvalue weighted by Crippen LogP contribution is -2.29. The van der Waals surface area contributed by atoms with Crippen molar-refractivity contribution in [1.82, 2.24) is 0 Å². The number of hydrogen-bond donors (Lipinski definition) is 0. The van der Waals surface area contributed by atoms with Gasteiger partial charge in [-0.25, -0.2) is 0 Å². The summed E-state index contributed by atoms with van der Waals surface area (Å²) in [6.07, 6.45) is 4.11. The maximum Gasteiger partial charge on any atom is 0.0369 e. The van der Waals surface area contributed by atoms with Gasteiger partial charge in [-0.05, 0) is 42.9 Å². The van der Waals surface area contributed by atoms with E-state index in [4.69, 9.17) is 0 Å². The van der Waals surface area contributed by atoms with Crippen LogP contribution in [0, 0.1) is 0 Å². The van der Waals surface area contributed by atoms with Gasteiger partial charge in [0.2, 0.25) is 0 Å². The van der Waals surface area contributed by atoms with Gasteiger partial charge in [-0.1, -0.05) is 26.0 Å². The van der Waals surface area contributed by atoms with E-state index in [1.807, 2.05) is 0 Å². The lowest BCUT2D eigenvalue weighted by Gasteiger charge is -2.29. The second kappa shape index (κ2) is 4.69. The van der Waals surface area contributed by atoms with Gasteiger partial charge in [0.05, 0.1) is 0 Å². The minimum atomic E-state index is 0.634. The Balaban J connectivity index is 2.16. The Morgan fingerprint density at radius 1 is 1.07 bits per heavy atom. The van der Waals surface area contributed by atoms with Crippen LogP contribution in [0.3, 0.4) is 0 Å². The van der Waals surface area contributed by atoms with Crippen molar-refractivity contribution < 1.29 is 0 Å². The molecular weight excluding hydrogens is 182 g/mol. The molecule has 1 heteroatoms. The van der Waals surface area contributed by atoms with Crippen LogP contribution < -0.4 is 4.90 Å². The SMILES string of the molecule is CC(C)c1cccc(N2CCCCC2)c1. The molecule has 0 N–H and O–H groups in total. The molecule has 0 spiro atoms. The molecule has 1 nitrogen and oxygen atoms in total. The molecule has 1 aromatic rings. The summed E-state index contributed by atoms with van der Waals surface area (Å²) in [7, 11) is 0. The zero-order valence-electron chi connectivity index (χ0n) is 9.87. The number of anilines is 1. The Bertz CT molecular complexity index is 311. The first-order chi connectivity index (χ1) is 7.27. The van der Waals surface area contributed by atoms with Gasteiger partial charge in [0, 0.05) is 18.8 Å². The molecule has 1 aliphatic rings. The molecule has 0 amide bonds. The van der Waals surface area contributed by atoms with Crippen molar-refractivity contribution >= 4 is 5.69 Å². The van der Waals surface area contributed by atoms with Gasteiger partial charge in [-0.15, -0.1) is 0 Å². The van der Waals surface area contributed by atoms with Crippen LogP contribution in [0.25, 0.3) is 0 Å². The normalized spacial score (nSPS) is 17.1. The molecule has 0 bridgehead atoms. The fourth-order valence-electron chi connectivity index (χ4n) is 2.23. The van der Waals surface area contributed by atoms with Gasteiger partial charge in [-0.2, -0.15) is 0 Å². The molecule has 82 valence electrons. The number of hydrogen-bond acceptors (Lipinski definition) is 1. The minimum absolute atomic E-state index is 0.634. The first-order valence-electron chi connectivity index (χ1n) is 6.12. The summed E-state index contributed by atoms with van der Waals surface area (Å²) >= 11 is 0. The smallest absolute Gasteiger partial charge is 0.0369 e. The highest BCUT2D eigenvalue weighted by atomic mass is 15.1. The van der Waals surface area contributed by atoms with E-state index >= 15 is 0 Å². The Labute approximate surface area is 93.1 Å². The summed E-state index contributed by atoms with van der Waals surface area (Å²) in [5.74, 6) is 0.634. The molecule has 0 aliphatic carbocycles. The van der Waals surface area contributed by atoms with Crippen molar-refractivity contribution in [3.8, 4) is 0 Å². The van der Waals surface area contributed by atoms with Crippen LogP contribution in [0.15, 0.2) is 24.3 Å². The zero-order valence-corrected chi connectivity index (χ0v) is 9.87. The largest absolute Gasteiger partial charge is 0.372 e. The van der Waals surface area contributed by atoms with Crippen LogP contribution in [0.4, 0.5) is 5.69 Å². The van der Waals surface area contributed by atoms with Gasteiger partial charge in [0.1, 0.15) is 0 Å². The van der Waals surface area contributed by atoms with Crippen LogP contribution in [0.1, 0.15) is 44.6 Å². The van der Waals surface area contributed by atoms with Gasteiger partial charge < -0.3 is 4.90 Å². The maximum atomic E-state index is 2.52. The predicted octanol–water partition coefficient (Wildman–Crippen LogP) is 3.80. The maximum absolute atomic E-state index is 2.52. The molecule has 1 aromatic carbocycles. The van der Waals surface area contributed by atoms with Crippen molar-refractivity contribution in [2.24, 2.45) is 0 Å². The highest BCUT2D eigenvalue weighted by molar-refractivity contribution is 5.49. The fourth-order valence-corrected chi connectivity index (χ4v) is 2.23. The Hall–Kier alpha value is -0.980. The van der Waals surface area contributed by atoms with Gasteiger partial charge in [-0.3, -0.25) is 0 Å². The monoisotopic (exact) mass is 203 g/mol. The van der Waals surface area contributed by atoms with Crippen LogP contribution in [-0.2, 0) is 0 Å². The molecule has 15 heavy (non-hydrogen) atoms. The molecule has 1 heterocycles. The first-order valence-corrected chi connectivity index (χ1v) is 6.12. The van der Waals surface area contributed by atoms with E-state index < -0.39 is 0 Å². The average molecular weight is 203 g/mol. The summed E-state index contributed by atoms with van der Waals surface area (Å²) < 4.78 is 0. The van der Waals surface area contributed by atoms with E-state index in [9.17, 15) is 0 Å². The predicted molar refractivity (Wildman–Crippen MR) is 66.6 cm³/mol. The Morgan fingerprint density at radius 2 is 1.80 bits per heavy atom. The van der Waals surface area contributed by atoms with Crippen molar-refractivity contribution in [1.29, 1.82) is 0 Å². The number of benzene rings is 1. The van der Waals surface area contributed by atoms with Crippen LogP contribution in [0.5, 0.6) is 0 Å². The molecule has 1 fully saturated rings. The third kappa shape index (κ3) is 2.53. The van der Waals surface area contributed by atoms with E-state index in [2.05, 4.69) is 43.0 Å². The van der Waals surface area contributed by atoms with Gasteiger partial charge in [0.25, 0.3) is 0 Å². The molecular formula is C14H21N. The molecule has 0 saturated carbocycles. The summed E-state index contributed by atoms with van der Waals surface area (Å²) in [4.78, 5) is 2.52. The van der Waals surface area contributed by atoms with Gasteiger partial charge >= 0.3 is 0 Å². The third-order valence-corrected chi connectivity index (χ3v) is 3.26. The van der Waals surface area contributed by atoms with Crippen molar-refractivity contribution in [2.45, 2.75) is 39.0 Å². The Kier molecular flexibility index (Phi) is 3.30. The molecule has 1 saturated heterocycles. The summed E-state index contributed by atoms with van der Waals surface area (Å²) in [5.41, 5.74) is 2.87. The highest BCUT2D eigenvalue weighted by Crippen LogP contribution is 2.24. The lowest BCUT2D eigenvalue weighted by molar-refractivity contribution is 0.577. The first kappa shape index (κ1) is 10.5. The zero-order chi connectivity index (χ0) is 10.7. The minimum Gasteiger partial charge on any atom is -0.372 e. The topological polar surface area (TPSA) is 3.24 Å². The summed E-state index contributed by atoms with van der Waals surface area (Å²) in [6, 6.07) is 9.03.